The average Bonchev–Trinajstić information content (AvgIpc) is 2.93. The number of carbonyl (C=O) groups is 2. The largest absolute Gasteiger partial charge is 0.493 e. The van der Waals surface area contributed by atoms with E-state index in [0.29, 0.717) is 37.5 Å². The normalized spacial score (nSPS) is 17.8. The maximum Gasteiger partial charge on any atom is 0.255 e. The summed E-state index contributed by atoms with van der Waals surface area (Å²) < 4.78 is 10.9. The predicted octanol–water partition coefficient (Wildman–Crippen LogP) is 3.90. The molecule has 0 radical (unpaired) electrons. The number of ether oxygens (including phenoxy) is 2. The van der Waals surface area contributed by atoms with Crippen LogP contribution in [0.4, 0.5) is 0 Å². The van der Waals surface area contributed by atoms with Crippen molar-refractivity contribution in [2.75, 3.05) is 53.6 Å². The molecular formula is C31H56Cl2N4O5. The zero-order valence-electron chi connectivity index (χ0n) is 26.4. The molecule has 0 aromatic heterocycles. The highest BCUT2D eigenvalue weighted by Crippen LogP contribution is 2.33. The summed E-state index contributed by atoms with van der Waals surface area (Å²) in [5.41, 5.74) is 6.37. The molecule has 9 nitrogen and oxygen atoms in total. The van der Waals surface area contributed by atoms with E-state index in [4.69, 9.17) is 15.2 Å². The lowest BCUT2D eigenvalue weighted by Crippen LogP contribution is -2.51. The molecule has 1 aromatic carbocycles. The minimum absolute atomic E-state index is 0. The maximum absolute atomic E-state index is 13.0. The summed E-state index contributed by atoms with van der Waals surface area (Å²) in [6.07, 6.45) is 3.50. The Hall–Kier alpha value is -1.62. The van der Waals surface area contributed by atoms with E-state index in [-0.39, 0.29) is 60.9 Å². The highest BCUT2D eigenvalue weighted by Gasteiger charge is 2.38. The lowest BCUT2D eigenvalue weighted by molar-refractivity contribution is -0.133. The lowest BCUT2D eigenvalue weighted by atomic mass is 9.74. The van der Waals surface area contributed by atoms with Gasteiger partial charge in [-0.3, -0.25) is 9.59 Å². The quantitative estimate of drug-likeness (QED) is 0.191. The van der Waals surface area contributed by atoms with Crippen LogP contribution < -0.4 is 21.1 Å². The van der Waals surface area contributed by atoms with Crippen molar-refractivity contribution in [1.82, 2.24) is 15.5 Å². The number of hydrogen-bond donors (Lipinski definition) is 4. The van der Waals surface area contributed by atoms with Gasteiger partial charge in [0.2, 0.25) is 5.91 Å². The summed E-state index contributed by atoms with van der Waals surface area (Å²) in [7, 11) is 3.77. The number of piperidine rings is 1. The van der Waals surface area contributed by atoms with Crippen LogP contribution in [0.15, 0.2) is 24.3 Å². The average molecular weight is 636 g/mol. The highest BCUT2D eigenvalue weighted by atomic mass is 35.5. The number of aliphatic hydroxyl groups excluding tert-OH is 1. The van der Waals surface area contributed by atoms with Crippen LogP contribution in [0, 0.1) is 23.2 Å². The Labute approximate surface area is 265 Å². The van der Waals surface area contributed by atoms with E-state index in [2.05, 4.69) is 36.4 Å². The van der Waals surface area contributed by atoms with E-state index in [1.54, 1.807) is 19.2 Å². The van der Waals surface area contributed by atoms with Gasteiger partial charge in [-0.1, -0.05) is 39.8 Å². The number of halogens is 2. The molecule has 2 rings (SSSR count). The zero-order valence-corrected chi connectivity index (χ0v) is 28.0. The first-order chi connectivity index (χ1) is 19.0. The van der Waals surface area contributed by atoms with E-state index in [1.165, 1.54) is 0 Å². The van der Waals surface area contributed by atoms with E-state index >= 15 is 0 Å². The summed E-state index contributed by atoms with van der Waals surface area (Å²) >= 11 is 0. The number of aliphatic hydroxyl groups is 1. The molecule has 1 aliphatic heterocycles. The van der Waals surface area contributed by atoms with Crippen molar-refractivity contribution in [3.05, 3.63) is 29.8 Å². The SMILES string of the molecule is COCCCCOc1ccccc1C(=O)NC[C@@H](C[C@H](N)[C@@H](O)CNC(=O)C(C)(C)C1CCCN(C)C1)C(C)C.Cl.Cl. The summed E-state index contributed by atoms with van der Waals surface area (Å²) in [5.74, 6) is 0.881. The summed E-state index contributed by atoms with van der Waals surface area (Å²) in [4.78, 5) is 28.3. The molecular weight excluding hydrogens is 579 g/mol. The standard InChI is InChI=1S/C31H54N4O5.2ClH/c1-22(2)23(19-33-29(37)25-13-7-8-14-28(25)40-17-10-9-16-39-6)18-26(32)27(36)20-34-30(38)31(3,4)24-12-11-15-35(5)21-24;;/h7-8,13-14,22-24,26-27,36H,9-12,15-21,32H2,1-6H3,(H,33,37)(H,34,38);2*1H/t23-,24?,26+,27+;;/m1../s1. The first-order valence-electron chi connectivity index (χ1n) is 14.9. The molecule has 5 N–H and O–H groups in total. The Bertz CT molecular complexity index is 921. The van der Waals surface area contributed by atoms with Crippen LogP contribution in [-0.2, 0) is 9.53 Å². The first kappa shape index (κ1) is 40.4. The van der Waals surface area contributed by atoms with E-state index in [0.717, 1.165) is 38.8 Å². The van der Waals surface area contributed by atoms with Crippen LogP contribution >= 0.6 is 24.8 Å². The van der Waals surface area contributed by atoms with E-state index in [9.17, 15) is 14.7 Å². The van der Waals surface area contributed by atoms with Crippen molar-refractivity contribution < 1.29 is 24.2 Å². The van der Waals surface area contributed by atoms with E-state index in [1.807, 2.05) is 26.0 Å². The first-order valence-corrected chi connectivity index (χ1v) is 14.9. The van der Waals surface area contributed by atoms with Crippen molar-refractivity contribution in [1.29, 1.82) is 0 Å². The summed E-state index contributed by atoms with van der Waals surface area (Å²) in [5, 5.41) is 16.8. The lowest BCUT2D eigenvalue weighted by Gasteiger charge is -2.39. The second-order valence-electron chi connectivity index (χ2n) is 12.3. The number of para-hydroxylation sites is 1. The molecule has 1 heterocycles. The molecule has 1 saturated heterocycles. The van der Waals surface area contributed by atoms with Crippen LogP contribution in [0.25, 0.3) is 0 Å². The minimum atomic E-state index is -0.877. The number of methoxy groups -OCH3 is 1. The molecule has 4 atom stereocenters. The fraction of sp³-hybridized carbons (Fsp3) is 0.742. The monoisotopic (exact) mass is 634 g/mol. The Kier molecular flexibility index (Phi) is 19.6. The third-order valence-corrected chi connectivity index (χ3v) is 8.37. The molecule has 1 unspecified atom stereocenters. The number of likely N-dealkylation sites (tertiary alicyclic amines) is 1. The number of carbonyl (C=O) groups excluding carboxylic acids is 2. The van der Waals surface area contributed by atoms with Gasteiger partial charge in [-0.15, -0.1) is 24.8 Å². The molecule has 0 spiro atoms. The number of nitrogens with two attached hydrogens (primary N) is 1. The molecule has 1 aliphatic rings. The Balaban J connectivity index is 0.00000840. The van der Waals surface area contributed by atoms with Crippen molar-refractivity contribution in [3.8, 4) is 5.75 Å². The third-order valence-electron chi connectivity index (χ3n) is 8.37. The Morgan fingerprint density at radius 1 is 1.12 bits per heavy atom. The highest BCUT2D eigenvalue weighted by molar-refractivity contribution is 5.96. The van der Waals surface area contributed by atoms with Crippen LogP contribution in [-0.4, -0.2) is 87.5 Å². The number of benzene rings is 1. The number of amides is 2. The van der Waals surface area contributed by atoms with Gasteiger partial charge in [0.1, 0.15) is 5.75 Å². The fourth-order valence-corrected chi connectivity index (χ4v) is 5.24. The number of nitrogens with one attached hydrogen (secondary N) is 2. The van der Waals surface area contributed by atoms with Crippen molar-refractivity contribution in [2.24, 2.45) is 28.9 Å². The molecule has 11 heteroatoms. The van der Waals surface area contributed by atoms with Gasteiger partial charge in [0, 0.05) is 44.8 Å². The van der Waals surface area contributed by atoms with Gasteiger partial charge >= 0.3 is 0 Å². The second kappa shape index (κ2) is 20.4. The Morgan fingerprint density at radius 2 is 1.79 bits per heavy atom. The number of rotatable bonds is 17. The summed E-state index contributed by atoms with van der Waals surface area (Å²) in [6, 6.07) is 6.71. The predicted molar refractivity (Wildman–Crippen MR) is 174 cm³/mol. The van der Waals surface area contributed by atoms with Crippen LogP contribution in [0.5, 0.6) is 5.75 Å². The molecule has 0 saturated carbocycles. The molecule has 42 heavy (non-hydrogen) atoms. The molecule has 244 valence electrons. The second-order valence-corrected chi connectivity index (χ2v) is 12.3. The number of nitrogens with zero attached hydrogens (tertiary/aromatic N) is 1. The fourth-order valence-electron chi connectivity index (χ4n) is 5.24. The smallest absolute Gasteiger partial charge is 0.255 e. The summed E-state index contributed by atoms with van der Waals surface area (Å²) in [6.45, 7) is 11.8. The van der Waals surface area contributed by atoms with Crippen molar-refractivity contribution in [2.45, 2.75) is 71.9 Å². The minimum Gasteiger partial charge on any atom is -0.493 e. The third kappa shape index (κ3) is 12.9. The van der Waals surface area contributed by atoms with Crippen LogP contribution in [0.2, 0.25) is 0 Å². The van der Waals surface area contributed by atoms with Crippen LogP contribution in [0.3, 0.4) is 0 Å². The Morgan fingerprint density at radius 3 is 2.43 bits per heavy atom. The van der Waals surface area contributed by atoms with Gasteiger partial charge in [-0.2, -0.15) is 0 Å². The molecule has 0 aliphatic carbocycles. The molecule has 1 fully saturated rings. The van der Waals surface area contributed by atoms with Gasteiger partial charge in [0.05, 0.1) is 18.3 Å². The van der Waals surface area contributed by atoms with E-state index < -0.39 is 17.6 Å². The van der Waals surface area contributed by atoms with Gasteiger partial charge in [-0.25, -0.2) is 0 Å². The van der Waals surface area contributed by atoms with Gasteiger partial charge in [0.25, 0.3) is 5.91 Å². The maximum atomic E-state index is 13.0. The molecule has 2 amide bonds. The van der Waals surface area contributed by atoms with Crippen LogP contribution in [0.1, 0.15) is 70.2 Å². The van der Waals surface area contributed by atoms with Gasteiger partial charge < -0.3 is 35.8 Å². The molecule has 0 bridgehead atoms. The zero-order chi connectivity index (χ0) is 29.7. The van der Waals surface area contributed by atoms with Gasteiger partial charge in [0.15, 0.2) is 0 Å². The number of unbranched alkanes of at least 4 members (excludes halogenated alkanes) is 1. The van der Waals surface area contributed by atoms with Crippen molar-refractivity contribution >= 4 is 36.6 Å². The van der Waals surface area contributed by atoms with Gasteiger partial charge in [-0.05, 0) is 75.6 Å². The van der Waals surface area contributed by atoms with Crippen molar-refractivity contribution in [3.63, 3.8) is 0 Å². The molecule has 1 aromatic rings. The topological polar surface area (TPSA) is 126 Å². The number of hydrogen-bond acceptors (Lipinski definition) is 7.